The number of nitrogens with one attached hydrogen (secondary N) is 1. The van der Waals surface area contributed by atoms with Crippen LogP contribution in [0.3, 0.4) is 0 Å². The first-order valence-electron chi connectivity index (χ1n) is 7.12. The molecule has 1 saturated heterocycles. The fourth-order valence-corrected chi connectivity index (χ4v) is 3.40. The number of hydrogen-bond acceptors (Lipinski definition) is 4. The van der Waals surface area contributed by atoms with Crippen molar-refractivity contribution in [1.29, 1.82) is 5.26 Å². The minimum absolute atomic E-state index is 0.127. The Morgan fingerprint density at radius 1 is 1.41 bits per heavy atom. The molecular weight excluding hydrogens is 302 g/mol. The standard InChI is InChI=1S/C15H19N3O3S/c1-22(20,21)18-8-2-3-14(11-18)15(19)17-10-13-6-4-12(9-16)5-7-13/h4-7,14H,2-3,8,10-11H2,1H3,(H,17,19). The maximum Gasteiger partial charge on any atom is 0.224 e. The van der Waals surface area contributed by atoms with Gasteiger partial charge in [0.1, 0.15) is 0 Å². The van der Waals surface area contributed by atoms with Crippen molar-refractivity contribution in [2.24, 2.45) is 5.92 Å². The fourth-order valence-electron chi connectivity index (χ4n) is 2.49. The molecule has 6 nitrogen and oxygen atoms in total. The van der Waals surface area contributed by atoms with E-state index in [9.17, 15) is 13.2 Å². The van der Waals surface area contributed by atoms with E-state index in [2.05, 4.69) is 5.32 Å². The molecule has 1 amide bonds. The molecule has 7 heteroatoms. The smallest absolute Gasteiger partial charge is 0.224 e. The minimum atomic E-state index is -3.24. The summed E-state index contributed by atoms with van der Waals surface area (Å²) in [6.07, 6.45) is 2.57. The van der Waals surface area contributed by atoms with E-state index in [-0.39, 0.29) is 18.4 Å². The van der Waals surface area contributed by atoms with Crippen LogP contribution in [-0.4, -0.2) is 38.0 Å². The summed E-state index contributed by atoms with van der Waals surface area (Å²) in [6, 6.07) is 9.03. The number of rotatable bonds is 4. The van der Waals surface area contributed by atoms with E-state index in [1.54, 1.807) is 24.3 Å². The van der Waals surface area contributed by atoms with Crippen LogP contribution in [0.15, 0.2) is 24.3 Å². The van der Waals surface area contributed by atoms with Gasteiger partial charge in [-0.2, -0.15) is 5.26 Å². The van der Waals surface area contributed by atoms with Gasteiger partial charge in [0.15, 0.2) is 0 Å². The zero-order valence-electron chi connectivity index (χ0n) is 12.4. The van der Waals surface area contributed by atoms with Crippen LogP contribution in [0.2, 0.25) is 0 Å². The molecule has 1 unspecified atom stereocenters. The number of carbonyl (C=O) groups excluding carboxylic acids is 1. The van der Waals surface area contributed by atoms with Gasteiger partial charge in [0.25, 0.3) is 0 Å². The van der Waals surface area contributed by atoms with Gasteiger partial charge < -0.3 is 5.32 Å². The third-order valence-electron chi connectivity index (χ3n) is 3.77. The van der Waals surface area contributed by atoms with Crippen molar-refractivity contribution in [3.8, 4) is 6.07 Å². The average molecular weight is 321 g/mol. The van der Waals surface area contributed by atoms with Crippen LogP contribution in [-0.2, 0) is 21.4 Å². The predicted octanol–water partition coefficient (Wildman–Crippen LogP) is 0.846. The molecule has 0 radical (unpaired) electrons. The third kappa shape index (κ3) is 4.29. The Morgan fingerprint density at radius 3 is 2.68 bits per heavy atom. The number of hydrogen-bond donors (Lipinski definition) is 1. The highest BCUT2D eigenvalue weighted by Gasteiger charge is 2.29. The van der Waals surface area contributed by atoms with E-state index >= 15 is 0 Å². The quantitative estimate of drug-likeness (QED) is 0.890. The van der Waals surface area contributed by atoms with Gasteiger partial charge in [0.05, 0.1) is 23.8 Å². The third-order valence-corrected chi connectivity index (χ3v) is 5.04. The van der Waals surface area contributed by atoms with E-state index in [4.69, 9.17) is 5.26 Å². The Labute approximate surface area is 130 Å². The Bertz CT molecular complexity index is 677. The SMILES string of the molecule is CS(=O)(=O)N1CCCC(C(=O)NCc2ccc(C#N)cc2)C1. The highest BCUT2D eigenvalue weighted by Crippen LogP contribution is 2.19. The van der Waals surface area contributed by atoms with Gasteiger partial charge in [-0.15, -0.1) is 0 Å². The lowest BCUT2D eigenvalue weighted by Crippen LogP contribution is -2.44. The molecule has 1 fully saturated rings. The van der Waals surface area contributed by atoms with E-state index in [0.29, 0.717) is 31.5 Å². The molecule has 0 spiro atoms. The van der Waals surface area contributed by atoms with Crippen molar-refractivity contribution in [1.82, 2.24) is 9.62 Å². The second-order valence-corrected chi connectivity index (χ2v) is 7.47. The van der Waals surface area contributed by atoms with Crippen LogP contribution >= 0.6 is 0 Å². The Kier molecular flexibility index (Phi) is 5.16. The molecular formula is C15H19N3O3S. The summed E-state index contributed by atoms with van der Waals surface area (Å²) in [5, 5.41) is 11.6. The summed E-state index contributed by atoms with van der Waals surface area (Å²) in [5.74, 6) is -0.431. The molecule has 0 aliphatic carbocycles. The highest BCUT2D eigenvalue weighted by molar-refractivity contribution is 7.88. The number of amides is 1. The fraction of sp³-hybridized carbons (Fsp3) is 0.467. The Hall–Kier alpha value is -1.91. The predicted molar refractivity (Wildman–Crippen MR) is 82.1 cm³/mol. The van der Waals surface area contributed by atoms with E-state index < -0.39 is 10.0 Å². The van der Waals surface area contributed by atoms with Crippen LogP contribution in [0.25, 0.3) is 0 Å². The van der Waals surface area contributed by atoms with Crippen LogP contribution in [0, 0.1) is 17.2 Å². The van der Waals surface area contributed by atoms with Crippen molar-refractivity contribution in [3.63, 3.8) is 0 Å². The normalized spacial score (nSPS) is 19.4. The first kappa shape index (κ1) is 16.5. The van der Waals surface area contributed by atoms with E-state index in [1.165, 1.54) is 10.6 Å². The van der Waals surface area contributed by atoms with Crippen LogP contribution in [0.1, 0.15) is 24.0 Å². The zero-order valence-corrected chi connectivity index (χ0v) is 13.3. The molecule has 0 bridgehead atoms. The summed E-state index contributed by atoms with van der Waals surface area (Å²) < 4.78 is 24.5. The largest absolute Gasteiger partial charge is 0.352 e. The van der Waals surface area contributed by atoms with Crippen molar-refractivity contribution in [2.45, 2.75) is 19.4 Å². The van der Waals surface area contributed by atoms with Gasteiger partial charge in [-0.1, -0.05) is 12.1 Å². The van der Waals surface area contributed by atoms with Crippen LogP contribution < -0.4 is 5.32 Å². The minimum Gasteiger partial charge on any atom is -0.352 e. The summed E-state index contributed by atoms with van der Waals surface area (Å²) in [6.45, 7) is 1.11. The lowest BCUT2D eigenvalue weighted by atomic mass is 9.98. The van der Waals surface area contributed by atoms with Crippen molar-refractivity contribution in [3.05, 3.63) is 35.4 Å². The second-order valence-electron chi connectivity index (χ2n) is 5.49. The Balaban J connectivity index is 1.90. The van der Waals surface area contributed by atoms with Gasteiger partial charge >= 0.3 is 0 Å². The average Bonchev–Trinajstić information content (AvgIpc) is 2.52. The lowest BCUT2D eigenvalue weighted by molar-refractivity contribution is -0.126. The molecule has 1 atom stereocenters. The monoisotopic (exact) mass is 321 g/mol. The first-order chi connectivity index (χ1) is 10.4. The van der Waals surface area contributed by atoms with Gasteiger partial charge in [0.2, 0.25) is 15.9 Å². The van der Waals surface area contributed by atoms with E-state index in [1.807, 2.05) is 6.07 Å². The summed E-state index contributed by atoms with van der Waals surface area (Å²) >= 11 is 0. The molecule has 118 valence electrons. The molecule has 2 rings (SSSR count). The molecule has 0 aromatic heterocycles. The maximum atomic E-state index is 12.2. The number of benzene rings is 1. The van der Waals surface area contributed by atoms with Crippen LogP contribution in [0.5, 0.6) is 0 Å². The second kappa shape index (κ2) is 6.90. The molecule has 1 aromatic carbocycles. The van der Waals surface area contributed by atoms with Crippen molar-refractivity contribution < 1.29 is 13.2 Å². The molecule has 0 saturated carbocycles. The summed E-state index contributed by atoms with van der Waals surface area (Å²) in [5.41, 5.74) is 1.48. The number of piperidine rings is 1. The molecule has 22 heavy (non-hydrogen) atoms. The highest BCUT2D eigenvalue weighted by atomic mass is 32.2. The molecule has 1 aliphatic rings. The summed E-state index contributed by atoms with van der Waals surface area (Å²) in [4.78, 5) is 12.2. The van der Waals surface area contributed by atoms with Gasteiger partial charge in [-0.05, 0) is 30.5 Å². The summed E-state index contributed by atoms with van der Waals surface area (Å²) in [7, 11) is -3.24. The lowest BCUT2D eigenvalue weighted by Gasteiger charge is -2.30. The molecule has 1 aromatic rings. The maximum absolute atomic E-state index is 12.2. The molecule has 1 heterocycles. The molecule has 1 N–H and O–H groups in total. The topological polar surface area (TPSA) is 90.3 Å². The van der Waals surface area contributed by atoms with E-state index in [0.717, 1.165) is 5.56 Å². The van der Waals surface area contributed by atoms with Crippen molar-refractivity contribution >= 4 is 15.9 Å². The number of carbonyl (C=O) groups is 1. The first-order valence-corrected chi connectivity index (χ1v) is 8.97. The zero-order chi connectivity index (χ0) is 16.2. The van der Waals surface area contributed by atoms with Gasteiger partial charge in [-0.25, -0.2) is 12.7 Å². The number of sulfonamides is 1. The van der Waals surface area contributed by atoms with Crippen molar-refractivity contribution in [2.75, 3.05) is 19.3 Å². The Morgan fingerprint density at radius 2 is 2.09 bits per heavy atom. The number of nitriles is 1. The number of nitrogens with zero attached hydrogens (tertiary/aromatic N) is 2. The van der Waals surface area contributed by atoms with Gasteiger partial charge in [-0.3, -0.25) is 4.79 Å². The van der Waals surface area contributed by atoms with Crippen LogP contribution in [0.4, 0.5) is 0 Å². The van der Waals surface area contributed by atoms with Gasteiger partial charge in [0, 0.05) is 19.6 Å². The molecule has 1 aliphatic heterocycles.